The van der Waals surface area contributed by atoms with Crippen molar-refractivity contribution in [2.24, 2.45) is 10.8 Å². The van der Waals surface area contributed by atoms with Gasteiger partial charge in [-0.3, -0.25) is 0 Å². The molecule has 1 rings (SSSR count). The minimum Gasteiger partial charge on any atom is -0.396 e. The molecule has 0 aromatic heterocycles. The van der Waals surface area contributed by atoms with Gasteiger partial charge in [0.2, 0.25) is 0 Å². The fourth-order valence-electron chi connectivity index (χ4n) is 2.19. The molecule has 0 aliphatic heterocycles. The van der Waals surface area contributed by atoms with Gasteiger partial charge < -0.3 is 5.11 Å². The highest BCUT2D eigenvalue weighted by Gasteiger charge is 2.39. The minimum absolute atomic E-state index is 0.304. The van der Waals surface area contributed by atoms with Gasteiger partial charge >= 0.3 is 0 Å². The SMILES string of the molecule is CC(C)(C)CC1(CO)CCC1. The van der Waals surface area contributed by atoms with E-state index in [0.717, 1.165) is 0 Å². The molecule has 1 nitrogen and oxygen atoms in total. The fraction of sp³-hybridized carbons (Fsp3) is 1.00. The maximum absolute atomic E-state index is 9.20. The molecule has 0 bridgehead atoms. The Kier molecular flexibility index (Phi) is 2.29. The highest BCUT2D eigenvalue weighted by Crippen LogP contribution is 2.48. The Morgan fingerprint density at radius 1 is 1.27 bits per heavy atom. The highest BCUT2D eigenvalue weighted by atomic mass is 16.3. The number of rotatable bonds is 2. The van der Waals surface area contributed by atoms with Crippen LogP contribution in [-0.2, 0) is 0 Å². The van der Waals surface area contributed by atoms with Crippen LogP contribution in [0.3, 0.4) is 0 Å². The number of aliphatic hydroxyl groups is 1. The Bertz CT molecular complexity index is 123. The first-order chi connectivity index (χ1) is 4.97. The quantitative estimate of drug-likeness (QED) is 0.651. The third-order valence-corrected chi connectivity index (χ3v) is 2.65. The van der Waals surface area contributed by atoms with E-state index in [1.165, 1.54) is 25.7 Å². The fourth-order valence-corrected chi connectivity index (χ4v) is 2.19. The molecule has 0 unspecified atom stereocenters. The largest absolute Gasteiger partial charge is 0.396 e. The lowest BCUT2D eigenvalue weighted by atomic mass is 9.62. The smallest absolute Gasteiger partial charge is 0.0487 e. The van der Waals surface area contributed by atoms with Crippen molar-refractivity contribution in [2.75, 3.05) is 6.61 Å². The summed E-state index contributed by atoms with van der Waals surface area (Å²) in [5.41, 5.74) is 0.682. The lowest BCUT2D eigenvalue weighted by molar-refractivity contribution is 0.00637. The number of hydrogen-bond donors (Lipinski definition) is 1. The van der Waals surface area contributed by atoms with Gasteiger partial charge in [-0.1, -0.05) is 27.2 Å². The van der Waals surface area contributed by atoms with Crippen LogP contribution in [0.4, 0.5) is 0 Å². The van der Waals surface area contributed by atoms with Crippen molar-refractivity contribution >= 4 is 0 Å². The topological polar surface area (TPSA) is 20.2 Å². The van der Waals surface area contributed by atoms with E-state index in [2.05, 4.69) is 20.8 Å². The van der Waals surface area contributed by atoms with E-state index < -0.39 is 0 Å². The molecule has 0 spiro atoms. The molecule has 1 aliphatic carbocycles. The Hall–Kier alpha value is -0.0400. The van der Waals surface area contributed by atoms with Crippen LogP contribution in [0.5, 0.6) is 0 Å². The van der Waals surface area contributed by atoms with Gasteiger partial charge in [-0.25, -0.2) is 0 Å². The zero-order valence-corrected chi connectivity index (χ0v) is 7.98. The van der Waals surface area contributed by atoms with Gasteiger partial charge in [0.15, 0.2) is 0 Å². The van der Waals surface area contributed by atoms with Crippen LogP contribution in [0.25, 0.3) is 0 Å². The summed E-state index contributed by atoms with van der Waals surface area (Å²) in [6, 6.07) is 0. The summed E-state index contributed by atoms with van der Waals surface area (Å²) in [6.07, 6.45) is 4.97. The van der Waals surface area contributed by atoms with Crippen LogP contribution in [-0.4, -0.2) is 11.7 Å². The molecule has 11 heavy (non-hydrogen) atoms. The normalized spacial score (nSPS) is 22.9. The molecule has 1 N–H and O–H groups in total. The first-order valence-corrected chi connectivity index (χ1v) is 4.58. The second kappa shape index (κ2) is 2.78. The lowest BCUT2D eigenvalue weighted by Crippen LogP contribution is -2.36. The van der Waals surface area contributed by atoms with Crippen LogP contribution in [0, 0.1) is 10.8 Å². The highest BCUT2D eigenvalue weighted by molar-refractivity contribution is 4.90. The van der Waals surface area contributed by atoms with Crippen molar-refractivity contribution in [3.8, 4) is 0 Å². The number of hydrogen-bond acceptors (Lipinski definition) is 1. The van der Waals surface area contributed by atoms with Crippen molar-refractivity contribution in [1.29, 1.82) is 0 Å². The molecule has 0 heterocycles. The summed E-state index contributed by atoms with van der Waals surface area (Å²) < 4.78 is 0. The monoisotopic (exact) mass is 156 g/mol. The third-order valence-electron chi connectivity index (χ3n) is 2.65. The molecule has 1 heteroatoms. The molecule has 0 saturated heterocycles. The summed E-state index contributed by atoms with van der Waals surface area (Å²) in [5.74, 6) is 0. The minimum atomic E-state index is 0.304. The molecular formula is C10H20O. The molecule has 66 valence electrons. The zero-order chi connectivity index (χ0) is 8.54. The van der Waals surface area contributed by atoms with E-state index >= 15 is 0 Å². The predicted octanol–water partition coefficient (Wildman–Crippen LogP) is 2.59. The van der Waals surface area contributed by atoms with Crippen molar-refractivity contribution < 1.29 is 5.11 Å². The average molecular weight is 156 g/mol. The Morgan fingerprint density at radius 2 is 1.82 bits per heavy atom. The molecule has 0 aromatic rings. The van der Waals surface area contributed by atoms with E-state index in [9.17, 15) is 5.11 Å². The Labute approximate surface area is 69.8 Å². The van der Waals surface area contributed by atoms with E-state index in [1.807, 2.05) is 0 Å². The second-order valence-corrected chi connectivity index (χ2v) is 5.25. The molecule has 1 fully saturated rings. The van der Waals surface area contributed by atoms with Gasteiger partial charge in [-0.2, -0.15) is 0 Å². The molecule has 0 atom stereocenters. The second-order valence-electron chi connectivity index (χ2n) is 5.25. The van der Waals surface area contributed by atoms with Crippen LogP contribution >= 0.6 is 0 Å². The summed E-state index contributed by atoms with van der Waals surface area (Å²) >= 11 is 0. The van der Waals surface area contributed by atoms with Crippen LogP contribution < -0.4 is 0 Å². The van der Waals surface area contributed by atoms with E-state index in [4.69, 9.17) is 0 Å². The first-order valence-electron chi connectivity index (χ1n) is 4.58. The summed E-state index contributed by atoms with van der Waals surface area (Å²) in [6.45, 7) is 7.15. The zero-order valence-electron chi connectivity index (χ0n) is 7.98. The molecule has 1 aliphatic rings. The van der Waals surface area contributed by atoms with Crippen molar-refractivity contribution in [2.45, 2.75) is 46.5 Å². The van der Waals surface area contributed by atoms with Crippen molar-refractivity contribution in [1.82, 2.24) is 0 Å². The van der Waals surface area contributed by atoms with Crippen LogP contribution in [0.15, 0.2) is 0 Å². The van der Waals surface area contributed by atoms with Gasteiger partial charge in [0.1, 0.15) is 0 Å². The van der Waals surface area contributed by atoms with Crippen molar-refractivity contribution in [3.05, 3.63) is 0 Å². The number of aliphatic hydroxyl groups excluding tert-OH is 1. The molecule has 0 radical (unpaired) electrons. The first kappa shape index (κ1) is 9.05. The molecule has 0 aromatic carbocycles. The van der Waals surface area contributed by atoms with Gasteiger partial charge in [0, 0.05) is 6.61 Å². The maximum Gasteiger partial charge on any atom is 0.0487 e. The van der Waals surface area contributed by atoms with Crippen LogP contribution in [0.2, 0.25) is 0 Å². The Balaban J connectivity index is 2.45. The lowest BCUT2D eigenvalue weighted by Gasteiger charge is -2.44. The van der Waals surface area contributed by atoms with E-state index in [-0.39, 0.29) is 0 Å². The average Bonchev–Trinajstić information content (AvgIpc) is 1.77. The molecule has 0 amide bonds. The van der Waals surface area contributed by atoms with Crippen molar-refractivity contribution in [3.63, 3.8) is 0 Å². The van der Waals surface area contributed by atoms with Gasteiger partial charge in [0.05, 0.1) is 0 Å². The summed E-state index contributed by atoms with van der Waals surface area (Å²) in [5, 5.41) is 9.20. The predicted molar refractivity (Wildman–Crippen MR) is 47.4 cm³/mol. The van der Waals surface area contributed by atoms with Gasteiger partial charge in [-0.15, -0.1) is 0 Å². The Morgan fingerprint density at radius 3 is 1.91 bits per heavy atom. The molecular weight excluding hydrogens is 136 g/mol. The van der Waals surface area contributed by atoms with E-state index in [1.54, 1.807) is 0 Å². The van der Waals surface area contributed by atoms with Gasteiger partial charge in [0.25, 0.3) is 0 Å². The standard InChI is InChI=1S/C10H20O/c1-9(2,3)7-10(8-11)5-4-6-10/h11H,4-8H2,1-3H3. The summed E-state index contributed by atoms with van der Waals surface area (Å²) in [4.78, 5) is 0. The molecule has 1 saturated carbocycles. The third kappa shape index (κ3) is 2.19. The maximum atomic E-state index is 9.20. The van der Waals surface area contributed by atoms with E-state index in [0.29, 0.717) is 17.4 Å². The van der Waals surface area contributed by atoms with Crippen LogP contribution in [0.1, 0.15) is 46.5 Å². The van der Waals surface area contributed by atoms with Gasteiger partial charge in [-0.05, 0) is 30.1 Å². The summed E-state index contributed by atoms with van der Waals surface area (Å²) in [7, 11) is 0.